The van der Waals surface area contributed by atoms with Crippen LogP contribution in [0.15, 0.2) is 0 Å². The van der Waals surface area contributed by atoms with Gasteiger partial charge in [0.25, 0.3) is 0 Å². The number of hydrogen-bond donors (Lipinski definition) is 1. The van der Waals surface area contributed by atoms with Crippen LogP contribution in [0.3, 0.4) is 0 Å². The van der Waals surface area contributed by atoms with Crippen LogP contribution in [-0.4, -0.2) is 57.9 Å². The second kappa shape index (κ2) is 3.77. The van der Waals surface area contributed by atoms with Crippen LogP contribution < -0.4 is 0 Å². The van der Waals surface area contributed by atoms with E-state index in [-0.39, 0.29) is 6.04 Å². The summed E-state index contributed by atoms with van der Waals surface area (Å²) in [5.41, 5.74) is 0. The first-order chi connectivity index (χ1) is 7.52. The van der Waals surface area contributed by atoms with Gasteiger partial charge in [-0.25, -0.2) is 4.79 Å². The zero-order valence-corrected chi connectivity index (χ0v) is 9.05. The number of hydrogen-bond acceptors (Lipinski definition) is 3. The standard InChI is InChI=1S/C10H14N2O4/c1-6(10(15)16)11-4-5-12(7-2-3-7)9(14)8(11)13/h6-7H,2-5H2,1H3,(H,15,16). The predicted molar refractivity (Wildman–Crippen MR) is 53.5 cm³/mol. The zero-order chi connectivity index (χ0) is 11.9. The lowest BCUT2D eigenvalue weighted by molar-refractivity contribution is -0.162. The molecule has 0 aromatic carbocycles. The van der Waals surface area contributed by atoms with Crippen LogP contribution in [-0.2, 0) is 14.4 Å². The lowest BCUT2D eigenvalue weighted by atomic mass is 10.2. The number of carboxylic acid groups (broad SMARTS) is 1. The third-order valence-electron chi connectivity index (χ3n) is 3.10. The van der Waals surface area contributed by atoms with Gasteiger partial charge < -0.3 is 14.9 Å². The summed E-state index contributed by atoms with van der Waals surface area (Å²) in [6.45, 7) is 2.18. The van der Waals surface area contributed by atoms with E-state index in [0.29, 0.717) is 13.1 Å². The minimum atomic E-state index is -1.08. The van der Waals surface area contributed by atoms with E-state index in [4.69, 9.17) is 5.11 Å². The Morgan fingerprint density at radius 1 is 1.31 bits per heavy atom. The third-order valence-corrected chi connectivity index (χ3v) is 3.10. The van der Waals surface area contributed by atoms with E-state index in [1.165, 1.54) is 6.92 Å². The second-order valence-corrected chi connectivity index (χ2v) is 4.24. The van der Waals surface area contributed by atoms with Crippen molar-refractivity contribution in [2.75, 3.05) is 13.1 Å². The van der Waals surface area contributed by atoms with Gasteiger partial charge in [0.2, 0.25) is 0 Å². The van der Waals surface area contributed by atoms with E-state index in [1.54, 1.807) is 4.90 Å². The first kappa shape index (κ1) is 10.9. The van der Waals surface area contributed by atoms with Crippen molar-refractivity contribution in [1.82, 2.24) is 9.80 Å². The Hall–Kier alpha value is -1.59. The molecule has 1 unspecified atom stereocenters. The van der Waals surface area contributed by atoms with Gasteiger partial charge in [-0.05, 0) is 19.8 Å². The van der Waals surface area contributed by atoms with Gasteiger partial charge in [0.15, 0.2) is 0 Å². The molecule has 1 aliphatic heterocycles. The lowest BCUT2D eigenvalue weighted by Crippen LogP contribution is -2.58. The van der Waals surface area contributed by atoms with Crippen LogP contribution in [0.5, 0.6) is 0 Å². The van der Waals surface area contributed by atoms with E-state index in [0.717, 1.165) is 17.7 Å². The Morgan fingerprint density at radius 2 is 1.94 bits per heavy atom. The number of carboxylic acids is 1. The van der Waals surface area contributed by atoms with Crippen molar-refractivity contribution in [3.63, 3.8) is 0 Å². The van der Waals surface area contributed by atoms with Crippen LogP contribution in [0.25, 0.3) is 0 Å². The third kappa shape index (κ3) is 1.75. The van der Waals surface area contributed by atoms with E-state index in [9.17, 15) is 14.4 Å². The molecule has 1 N–H and O–H groups in total. The van der Waals surface area contributed by atoms with E-state index < -0.39 is 23.8 Å². The molecule has 1 heterocycles. The maximum Gasteiger partial charge on any atom is 0.326 e. The summed E-state index contributed by atoms with van der Waals surface area (Å²) in [5, 5.41) is 8.81. The van der Waals surface area contributed by atoms with Crippen LogP contribution in [0.1, 0.15) is 19.8 Å². The van der Waals surface area contributed by atoms with Crippen LogP contribution >= 0.6 is 0 Å². The molecule has 1 atom stereocenters. The van der Waals surface area contributed by atoms with E-state index >= 15 is 0 Å². The van der Waals surface area contributed by atoms with Crippen molar-refractivity contribution in [3.8, 4) is 0 Å². The Morgan fingerprint density at radius 3 is 2.44 bits per heavy atom. The van der Waals surface area contributed by atoms with E-state index in [2.05, 4.69) is 0 Å². The minimum absolute atomic E-state index is 0.207. The van der Waals surface area contributed by atoms with Gasteiger partial charge in [0, 0.05) is 19.1 Å². The van der Waals surface area contributed by atoms with Gasteiger partial charge in [0.05, 0.1) is 0 Å². The van der Waals surface area contributed by atoms with Crippen molar-refractivity contribution in [2.24, 2.45) is 0 Å². The Kier molecular flexibility index (Phi) is 2.57. The van der Waals surface area contributed by atoms with Crippen molar-refractivity contribution in [1.29, 1.82) is 0 Å². The van der Waals surface area contributed by atoms with Gasteiger partial charge in [-0.3, -0.25) is 9.59 Å². The molecule has 6 nitrogen and oxygen atoms in total. The largest absolute Gasteiger partial charge is 0.480 e. The van der Waals surface area contributed by atoms with Gasteiger partial charge in [-0.15, -0.1) is 0 Å². The van der Waals surface area contributed by atoms with Gasteiger partial charge in [-0.2, -0.15) is 0 Å². The van der Waals surface area contributed by atoms with Crippen molar-refractivity contribution >= 4 is 17.8 Å². The molecule has 2 aliphatic rings. The Labute approximate surface area is 92.8 Å². The molecule has 1 saturated carbocycles. The Balaban J connectivity index is 2.07. The highest BCUT2D eigenvalue weighted by atomic mass is 16.4. The van der Waals surface area contributed by atoms with Gasteiger partial charge in [-0.1, -0.05) is 0 Å². The summed E-state index contributed by atoms with van der Waals surface area (Å²) in [4.78, 5) is 36.8. The highest BCUT2D eigenvalue weighted by molar-refractivity contribution is 6.35. The highest BCUT2D eigenvalue weighted by Crippen LogP contribution is 2.28. The maximum atomic E-state index is 11.7. The SMILES string of the molecule is CC(C(=O)O)N1CCN(C2CC2)C(=O)C1=O. The molecular weight excluding hydrogens is 212 g/mol. The topological polar surface area (TPSA) is 77.9 Å². The zero-order valence-electron chi connectivity index (χ0n) is 9.05. The normalized spacial score (nSPS) is 23.6. The predicted octanol–water partition coefficient (Wildman–Crippen LogP) is -0.707. The molecule has 2 amide bonds. The molecule has 0 bridgehead atoms. The quantitative estimate of drug-likeness (QED) is 0.645. The average molecular weight is 226 g/mol. The molecule has 1 saturated heterocycles. The molecule has 1 aliphatic carbocycles. The molecule has 0 aromatic heterocycles. The molecule has 88 valence electrons. The molecule has 0 spiro atoms. The molecule has 2 rings (SSSR count). The summed E-state index contributed by atoms with van der Waals surface area (Å²) in [7, 11) is 0. The molecule has 0 aromatic rings. The number of carbonyl (C=O) groups excluding carboxylic acids is 2. The molecular formula is C10H14N2O4. The van der Waals surface area contributed by atoms with Gasteiger partial charge >= 0.3 is 17.8 Å². The number of aliphatic carboxylic acids is 1. The summed E-state index contributed by atoms with van der Waals surface area (Å²) in [6, 6.07) is -0.725. The van der Waals surface area contributed by atoms with Crippen LogP contribution in [0.4, 0.5) is 0 Å². The number of nitrogens with zero attached hydrogens (tertiary/aromatic N) is 2. The fourth-order valence-corrected chi connectivity index (χ4v) is 1.90. The average Bonchev–Trinajstić information content (AvgIpc) is 3.04. The number of amides is 2. The Bertz CT molecular complexity index is 351. The maximum absolute atomic E-state index is 11.7. The summed E-state index contributed by atoms with van der Waals surface area (Å²) < 4.78 is 0. The summed E-state index contributed by atoms with van der Waals surface area (Å²) in [5.74, 6) is -2.32. The summed E-state index contributed by atoms with van der Waals surface area (Å²) >= 11 is 0. The number of piperazine rings is 1. The monoisotopic (exact) mass is 226 g/mol. The number of carbonyl (C=O) groups is 3. The highest BCUT2D eigenvalue weighted by Gasteiger charge is 2.42. The van der Waals surface area contributed by atoms with Crippen molar-refractivity contribution in [2.45, 2.75) is 31.8 Å². The van der Waals surface area contributed by atoms with Crippen molar-refractivity contribution < 1.29 is 19.5 Å². The first-order valence-corrected chi connectivity index (χ1v) is 5.36. The van der Waals surface area contributed by atoms with E-state index in [1.807, 2.05) is 0 Å². The first-order valence-electron chi connectivity index (χ1n) is 5.36. The lowest BCUT2D eigenvalue weighted by Gasteiger charge is -2.35. The van der Waals surface area contributed by atoms with Crippen LogP contribution in [0, 0.1) is 0 Å². The molecule has 0 radical (unpaired) electrons. The second-order valence-electron chi connectivity index (χ2n) is 4.24. The number of rotatable bonds is 3. The van der Waals surface area contributed by atoms with Gasteiger partial charge in [0.1, 0.15) is 6.04 Å². The fraction of sp³-hybridized carbons (Fsp3) is 0.700. The van der Waals surface area contributed by atoms with Crippen molar-refractivity contribution in [3.05, 3.63) is 0 Å². The molecule has 2 fully saturated rings. The minimum Gasteiger partial charge on any atom is -0.480 e. The smallest absolute Gasteiger partial charge is 0.326 e. The fourth-order valence-electron chi connectivity index (χ4n) is 1.90. The summed E-state index contributed by atoms with van der Waals surface area (Å²) in [6.07, 6.45) is 1.90. The van der Waals surface area contributed by atoms with Crippen LogP contribution in [0.2, 0.25) is 0 Å². The molecule has 6 heteroatoms. The molecule has 16 heavy (non-hydrogen) atoms.